The zero-order valence-electron chi connectivity index (χ0n) is 9.13. The Morgan fingerprint density at radius 1 is 1.31 bits per heavy atom. The number of ether oxygens (including phenoxy) is 1. The van der Waals surface area contributed by atoms with Crippen LogP contribution in [0.1, 0.15) is 43.3 Å². The van der Waals surface area contributed by atoms with E-state index in [0.29, 0.717) is 17.6 Å². The zero-order chi connectivity index (χ0) is 11.0. The molecule has 2 fully saturated rings. The van der Waals surface area contributed by atoms with Crippen molar-refractivity contribution in [2.45, 2.75) is 37.6 Å². The minimum Gasteiger partial charge on any atom is -0.381 e. The van der Waals surface area contributed by atoms with Gasteiger partial charge in [-0.1, -0.05) is 0 Å². The van der Waals surface area contributed by atoms with Crippen molar-refractivity contribution in [2.24, 2.45) is 5.18 Å². The monoisotopic (exact) mass is 221 g/mol. The van der Waals surface area contributed by atoms with E-state index in [1.165, 1.54) is 0 Å². The molecule has 0 aromatic carbocycles. The molecule has 86 valence electrons. The molecule has 2 heterocycles. The Balaban J connectivity index is 1.92. The number of hydrogen-bond acceptors (Lipinski definition) is 4. The highest BCUT2D eigenvalue weighted by atomic mass is 16.5. The summed E-state index contributed by atoms with van der Waals surface area (Å²) in [6.07, 6.45) is 5.91. The quantitative estimate of drug-likeness (QED) is 0.737. The molecular weight excluding hydrogens is 206 g/mol. The molecule has 0 amide bonds. The van der Waals surface area contributed by atoms with E-state index in [0.717, 1.165) is 44.6 Å². The van der Waals surface area contributed by atoms with Crippen molar-refractivity contribution in [1.29, 1.82) is 0 Å². The second-order valence-corrected chi connectivity index (χ2v) is 4.57. The van der Waals surface area contributed by atoms with E-state index in [-0.39, 0.29) is 0 Å². The maximum atomic E-state index is 10.7. The van der Waals surface area contributed by atoms with Crippen LogP contribution in [0, 0.1) is 4.91 Å². The average molecular weight is 221 g/mol. The third kappa shape index (κ3) is 1.65. The second-order valence-electron chi connectivity index (χ2n) is 4.57. The van der Waals surface area contributed by atoms with E-state index in [1.54, 1.807) is 6.20 Å². The fourth-order valence-corrected chi connectivity index (χ4v) is 2.41. The molecule has 2 aliphatic rings. The summed E-state index contributed by atoms with van der Waals surface area (Å²) in [5, 5.41) is 7.42. The van der Waals surface area contributed by atoms with Crippen molar-refractivity contribution in [3.8, 4) is 0 Å². The first-order chi connectivity index (χ1) is 7.90. The molecule has 0 spiro atoms. The Bertz CT molecular complexity index is 392. The van der Waals surface area contributed by atoms with Crippen LogP contribution in [-0.2, 0) is 4.74 Å². The van der Waals surface area contributed by atoms with Crippen LogP contribution in [0.5, 0.6) is 0 Å². The summed E-state index contributed by atoms with van der Waals surface area (Å²) in [5.74, 6) is 0.512. The van der Waals surface area contributed by atoms with Gasteiger partial charge < -0.3 is 4.74 Å². The van der Waals surface area contributed by atoms with Crippen molar-refractivity contribution in [3.05, 3.63) is 16.8 Å². The van der Waals surface area contributed by atoms with E-state index in [1.807, 2.05) is 4.68 Å². The van der Waals surface area contributed by atoms with Crippen molar-refractivity contribution >= 4 is 5.69 Å². The lowest BCUT2D eigenvalue weighted by Gasteiger charge is -2.24. The van der Waals surface area contributed by atoms with Gasteiger partial charge in [0.05, 0.1) is 17.9 Å². The van der Waals surface area contributed by atoms with Gasteiger partial charge in [-0.25, -0.2) is 0 Å². The van der Waals surface area contributed by atoms with Gasteiger partial charge in [-0.05, 0) is 30.9 Å². The highest BCUT2D eigenvalue weighted by molar-refractivity contribution is 5.44. The van der Waals surface area contributed by atoms with Gasteiger partial charge in [0.2, 0.25) is 0 Å². The van der Waals surface area contributed by atoms with E-state index in [2.05, 4.69) is 10.3 Å². The summed E-state index contributed by atoms with van der Waals surface area (Å²) in [4.78, 5) is 10.7. The topological polar surface area (TPSA) is 56.5 Å². The van der Waals surface area contributed by atoms with E-state index >= 15 is 0 Å². The molecule has 5 heteroatoms. The van der Waals surface area contributed by atoms with Gasteiger partial charge >= 0.3 is 0 Å². The fourth-order valence-electron chi connectivity index (χ4n) is 2.41. The van der Waals surface area contributed by atoms with Crippen LogP contribution in [0.3, 0.4) is 0 Å². The molecular formula is C11H15N3O2. The van der Waals surface area contributed by atoms with Crippen LogP contribution in [0.25, 0.3) is 0 Å². The Morgan fingerprint density at radius 2 is 2.06 bits per heavy atom. The van der Waals surface area contributed by atoms with Crippen LogP contribution in [0.4, 0.5) is 5.69 Å². The zero-order valence-corrected chi connectivity index (χ0v) is 9.13. The number of hydrogen-bond donors (Lipinski definition) is 0. The molecule has 3 rings (SSSR count). The van der Waals surface area contributed by atoms with E-state index in [9.17, 15) is 4.91 Å². The summed E-state index contributed by atoms with van der Waals surface area (Å²) in [5.41, 5.74) is 1.59. The number of nitrogens with zero attached hydrogens (tertiary/aromatic N) is 3. The predicted octanol–water partition coefficient (Wildman–Crippen LogP) is 2.51. The summed E-state index contributed by atoms with van der Waals surface area (Å²) in [6.45, 7) is 1.58. The van der Waals surface area contributed by atoms with Crippen LogP contribution >= 0.6 is 0 Å². The number of aromatic nitrogens is 2. The first-order valence-corrected chi connectivity index (χ1v) is 5.88. The van der Waals surface area contributed by atoms with Crippen LogP contribution < -0.4 is 0 Å². The molecule has 16 heavy (non-hydrogen) atoms. The van der Waals surface area contributed by atoms with Gasteiger partial charge in [0.1, 0.15) is 5.69 Å². The molecule has 0 N–H and O–H groups in total. The van der Waals surface area contributed by atoms with Gasteiger partial charge in [0, 0.05) is 19.1 Å². The highest BCUT2D eigenvalue weighted by Gasteiger charge is 2.33. The molecule has 0 bridgehead atoms. The molecule has 0 atom stereocenters. The highest BCUT2D eigenvalue weighted by Crippen LogP contribution is 2.45. The molecule has 0 radical (unpaired) electrons. The third-order valence-corrected chi connectivity index (χ3v) is 3.41. The Kier molecular flexibility index (Phi) is 2.47. The average Bonchev–Trinajstić information content (AvgIpc) is 3.09. The predicted molar refractivity (Wildman–Crippen MR) is 58.7 cm³/mol. The maximum absolute atomic E-state index is 10.7. The molecule has 1 aromatic rings. The third-order valence-electron chi connectivity index (χ3n) is 3.41. The van der Waals surface area contributed by atoms with Crippen LogP contribution in [0.2, 0.25) is 0 Å². The molecule has 5 nitrogen and oxygen atoms in total. The summed E-state index contributed by atoms with van der Waals surface area (Å²) in [7, 11) is 0. The summed E-state index contributed by atoms with van der Waals surface area (Å²) < 4.78 is 7.37. The molecule has 1 aliphatic heterocycles. The largest absolute Gasteiger partial charge is 0.381 e. The number of nitroso groups, excluding NO2 is 1. The lowest BCUT2D eigenvalue weighted by molar-refractivity contribution is 0.0654. The van der Waals surface area contributed by atoms with Gasteiger partial charge in [0.15, 0.2) is 0 Å². The van der Waals surface area contributed by atoms with Crippen molar-refractivity contribution in [1.82, 2.24) is 9.78 Å². The van der Waals surface area contributed by atoms with Gasteiger partial charge in [-0.2, -0.15) is 5.10 Å². The summed E-state index contributed by atoms with van der Waals surface area (Å²) >= 11 is 0. The molecule has 1 saturated carbocycles. The van der Waals surface area contributed by atoms with E-state index < -0.39 is 0 Å². The van der Waals surface area contributed by atoms with Gasteiger partial charge in [-0.3, -0.25) is 4.68 Å². The smallest absolute Gasteiger partial charge is 0.149 e. The number of rotatable bonds is 3. The van der Waals surface area contributed by atoms with Crippen molar-refractivity contribution in [2.75, 3.05) is 13.2 Å². The van der Waals surface area contributed by atoms with Crippen LogP contribution in [-0.4, -0.2) is 23.0 Å². The minimum absolute atomic E-state index is 0.389. The lowest BCUT2D eigenvalue weighted by atomic mass is 10.1. The van der Waals surface area contributed by atoms with E-state index in [4.69, 9.17) is 4.74 Å². The first kappa shape index (κ1) is 9.96. The standard InChI is InChI=1S/C11H15N3O2/c15-13-10-7-12-14(11(10)8-1-2-8)9-3-5-16-6-4-9/h7-9H,1-6H2. The Morgan fingerprint density at radius 3 is 2.69 bits per heavy atom. The Labute approximate surface area is 93.8 Å². The van der Waals surface area contributed by atoms with Crippen LogP contribution in [0.15, 0.2) is 11.4 Å². The molecule has 0 unspecified atom stereocenters. The maximum Gasteiger partial charge on any atom is 0.149 e. The molecule has 1 aliphatic carbocycles. The lowest BCUT2D eigenvalue weighted by Crippen LogP contribution is -2.21. The normalized spacial score (nSPS) is 22.2. The van der Waals surface area contributed by atoms with Gasteiger partial charge in [0.25, 0.3) is 0 Å². The molecule has 1 saturated heterocycles. The van der Waals surface area contributed by atoms with Crippen molar-refractivity contribution < 1.29 is 4.74 Å². The molecule has 1 aromatic heterocycles. The van der Waals surface area contributed by atoms with Crippen molar-refractivity contribution in [3.63, 3.8) is 0 Å². The minimum atomic E-state index is 0.389. The summed E-state index contributed by atoms with van der Waals surface area (Å²) in [6, 6.07) is 0.389. The van der Waals surface area contributed by atoms with Gasteiger partial charge in [-0.15, -0.1) is 4.91 Å². The second kappa shape index (κ2) is 3.97. The Hall–Kier alpha value is -1.23. The fraction of sp³-hybridized carbons (Fsp3) is 0.727. The first-order valence-electron chi connectivity index (χ1n) is 5.88. The SMILES string of the molecule is O=Nc1cnn(C2CCOCC2)c1C1CC1.